The van der Waals surface area contributed by atoms with E-state index < -0.39 is 11.6 Å². The van der Waals surface area contributed by atoms with Crippen molar-refractivity contribution in [1.29, 1.82) is 0 Å². The number of carbonyl (C=O) groups excluding carboxylic acids is 1. The van der Waals surface area contributed by atoms with Gasteiger partial charge < -0.3 is 9.84 Å². The molecule has 0 unspecified atom stereocenters. The van der Waals surface area contributed by atoms with Gasteiger partial charge in [-0.3, -0.25) is 0 Å². The Labute approximate surface area is 117 Å². The highest BCUT2D eigenvalue weighted by molar-refractivity contribution is 5.78. The predicted molar refractivity (Wildman–Crippen MR) is 78.9 cm³/mol. The molecule has 19 heavy (non-hydrogen) atoms. The van der Waals surface area contributed by atoms with E-state index in [1.165, 1.54) is 25.0 Å². The third-order valence-corrected chi connectivity index (χ3v) is 2.67. The largest absolute Gasteiger partial charge is 0.464 e. The highest BCUT2D eigenvalue weighted by Crippen LogP contribution is 2.09. The second kappa shape index (κ2) is 8.92. The fourth-order valence-corrected chi connectivity index (χ4v) is 1.46. The molecule has 0 aromatic rings. The molecule has 0 heterocycles. The third kappa shape index (κ3) is 10.5. The summed E-state index contributed by atoms with van der Waals surface area (Å²) in [6, 6.07) is 0. The molecule has 0 aliphatic rings. The molecule has 0 bridgehead atoms. The van der Waals surface area contributed by atoms with Gasteiger partial charge in [0.25, 0.3) is 0 Å². The molecular weight excluding hydrogens is 240 g/mol. The lowest BCUT2D eigenvalue weighted by atomic mass is 10.1. The predicted octanol–water partition coefficient (Wildman–Crippen LogP) is 3.77. The van der Waals surface area contributed by atoms with E-state index >= 15 is 0 Å². The molecule has 0 atom stereocenters. The number of aliphatic hydroxyl groups is 1. The first kappa shape index (κ1) is 17.9. The Kier molecular flexibility index (Phi) is 8.41. The van der Waals surface area contributed by atoms with Crippen LogP contribution in [0.1, 0.15) is 60.3 Å². The quantitative estimate of drug-likeness (QED) is 0.414. The molecule has 0 radical (unpaired) electrons. The lowest BCUT2D eigenvalue weighted by molar-refractivity contribution is -0.161. The number of rotatable bonds is 8. The van der Waals surface area contributed by atoms with Crippen LogP contribution in [0, 0.1) is 0 Å². The standard InChI is InChI=1S/C16H28O3/c1-13(2)9-8-11-14(3)10-6-7-12-19-15(17)16(4,5)18/h9-10,18H,6-8,11-12H2,1-5H3. The fourth-order valence-electron chi connectivity index (χ4n) is 1.46. The van der Waals surface area contributed by atoms with Gasteiger partial charge in [0.15, 0.2) is 5.60 Å². The van der Waals surface area contributed by atoms with E-state index in [4.69, 9.17) is 4.74 Å². The Morgan fingerprint density at radius 1 is 1.16 bits per heavy atom. The minimum absolute atomic E-state index is 0.362. The summed E-state index contributed by atoms with van der Waals surface area (Å²) in [4.78, 5) is 11.3. The van der Waals surface area contributed by atoms with Crippen molar-refractivity contribution in [3.05, 3.63) is 23.3 Å². The smallest absolute Gasteiger partial charge is 0.337 e. The van der Waals surface area contributed by atoms with Crippen molar-refractivity contribution in [3.8, 4) is 0 Å². The molecule has 110 valence electrons. The summed E-state index contributed by atoms with van der Waals surface area (Å²) in [5.41, 5.74) is 1.33. The van der Waals surface area contributed by atoms with Crippen LogP contribution in [-0.4, -0.2) is 23.3 Å². The number of allylic oxidation sites excluding steroid dienone is 4. The topological polar surface area (TPSA) is 46.5 Å². The lowest BCUT2D eigenvalue weighted by Gasteiger charge is -2.15. The molecule has 0 rings (SSSR count). The van der Waals surface area contributed by atoms with Crippen LogP contribution in [0.3, 0.4) is 0 Å². The van der Waals surface area contributed by atoms with Gasteiger partial charge in [0, 0.05) is 0 Å². The highest BCUT2D eigenvalue weighted by Gasteiger charge is 2.25. The Bertz CT molecular complexity index is 328. The van der Waals surface area contributed by atoms with Gasteiger partial charge in [-0.25, -0.2) is 4.79 Å². The molecule has 0 saturated carbocycles. The number of esters is 1. The molecule has 0 spiro atoms. The van der Waals surface area contributed by atoms with E-state index in [2.05, 4.69) is 32.9 Å². The van der Waals surface area contributed by atoms with Crippen LogP contribution in [0.2, 0.25) is 0 Å². The van der Waals surface area contributed by atoms with Gasteiger partial charge in [-0.05, 0) is 60.3 Å². The summed E-state index contributed by atoms with van der Waals surface area (Å²) >= 11 is 0. The van der Waals surface area contributed by atoms with E-state index in [0.29, 0.717) is 6.61 Å². The van der Waals surface area contributed by atoms with Crippen LogP contribution >= 0.6 is 0 Å². The highest BCUT2D eigenvalue weighted by atomic mass is 16.5. The fraction of sp³-hybridized carbons (Fsp3) is 0.688. The molecule has 0 saturated heterocycles. The number of hydrogen-bond donors (Lipinski definition) is 1. The molecule has 0 amide bonds. The van der Waals surface area contributed by atoms with E-state index in [0.717, 1.165) is 25.7 Å². The zero-order valence-corrected chi connectivity index (χ0v) is 13.0. The van der Waals surface area contributed by atoms with Crippen molar-refractivity contribution >= 4 is 5.97 Å². The van der Waals surface area contributed by atoms with Crippen LogP contribution in [0.4, 0.5) is 0 Å². The zero-order valence-electron chi connectivity index (χ0n) is 13.0. The Hall–Kier alpha value is -1.09. The molecule has 1 N–H and O–H groups in total. The maximum absolute atomic E-state index is 11.3. The van der Waals surface area contributed by atoms with Gasteiger partial charge in [0.2, 0.25) is 0 Å². The lowest BCUT2D eigenvalue weighted by Crippen LogP contribution is -2.33. The van der Waals surface area contributed by atoms with Crippen molar-refractivity contribution in [2.24, 2.45) is 0 Å². The average Bonchev–Trinajstić information content (AvgIpc) is 2.26. The summed E-state index contributed by atoms with van der Waals surface area (Å²) in [5.74, 6) is -0.559. The summed E-state index contributed by atoms with van der Waals surface area (Å²) in [6.07, 6.45) is 8.29. The van der Waals surface area contributed by atoms with Gasteiger partial charge in [0.1, 0.15) is 0 Å². The average molecular weight is 268 g/mol. The van der Waals surface area contributed by atoms with Crippen molar-refractivity contribution in [3.63, 3.8) is 0 Å². The Morgan fingerprint density at radius 3 is 2.32 bits per heavy atom. The van der Waals surface area contributed by atoms with E-state index in [1.54, 1.807) is 0 Å². The molecule has 0 aliphatic heterocycles. The Balaban J connectivity index is 3.73. The van der Waals surface area contributed by atoms with E-state index in [1.807, 2.05) is 0 Å². The second-order valence-electron chi connectivity index (χ2n) is 5.71. The van der Waals surface area contributed by atoms with Gasteiger partial charge in [-0.1, -0.05) is 23.3 Å². The van der Waals surface area contributed by atoms with Gasteiger partial charge in [-0.15, -0.1) is 0 Å². The van der Waals surface area contributed by atoms with Crippen LogP contribution in [0.15, 0.2) is 23.3 Å². The summed E-state index contributed by atoms with van der Waals surface area (Å²) < 4.78 is 4.97. The van der Waals surface area contributed by atoms with Crippen LogP contribution < -0.4 is 0 Å². The zero-order chi connectivity index (χ0) is 14.9. The number of carbonyl (C=O) groups is 1. The van der Waals surface area contributed by atoms with Crippen molar-refractivity contribution in [2.45, 2.75) is 65.9 Å². The van der Waals surface area contributed by atoms with E-state index in [9.17, 15) is 9.90 Å². The van der Waals surface area contributed by atoms with Crippen molar-refractivity contribution in [1.82, 2.24) is 0 Å². The molecule has 0 fully saturated rings. The van der Waals surface area contributed by atoms with E-state index in [-0.39, 0.29) is 0 Å². The first-order valence-electron chi connectivity index (χ1n) is 6.92. The molecule has 3 heteroatoms. The first-order chi connectivity index (χ1) is 8.73. The van der Waals surface area contributed by atoms with Crippen LogP contribution in [-0.2, 0) is 9.53 Å². The molecule has 0 aromatic carbocycles. The van der Waals surface area contributed by atoms with Crippen molar-refractivity contribution in [2.75, 3.05) is 6.61 Å². The van der Waals surface area contributed by atoms with Gasteiger partial charge >= 0.3 is 5.97 Å². The Morgan fingerprint density at radius 2 is 1.79 bits per heavy atom. The molecule has 0 aliphatic carbocycles. The third-order valence-electron chi connectivity index (χ3n) is 2.67. The number of unbranched alkanes of at least 4 members (excludes halogenated alkanes) is 1. The minimum Gasteiger partial charge on any atom is -0.464 e. The van der Waals surface area contributed by atoms with Crippen LogP contribution in [0.25, 0.3) is 0 Å². The molecule has 3 nitrogen and oxygen atoms in total. The second-order valence-corrected chi connectivity index (χ2v) is 5.71. The number of ether oxygens (including phenoxy) is 1. The number of hydrogen-bond acceptors (Lipinski definition) is 3. The molecule has 0 aromatic heterocycles. The maximum atomic E-state index is 11.3. The van der Waals surface area contributed by atoms with Crippen molar-refractivity contribution < 1.29 is 14.6 Å². The van der Waals surface area contributed by atoms with Gasteiger partial charge in [0.05, 0.1) is 6.61 Å². The molecular formula is C16H28O3. The van der Waals surface area contributed by atoms with Gasteiger partial charge in [-0.2, -0.15) is 0 Å². The first-order valence-corrected chi connectivity index (χ1v) is 6.92. The minimum atomic E-state index is -1.39. The SMILES string of the molecule is CC(C)=CCCC(C)=CCCCOC(=O)C(C)(C)O. The monoisotopic (exact) mass is 268 g/mol. The normalized spacial score (nSPS) is 12.2. The summed E-state index contributed by atoms with van der Waals surface area (Å²) in [7, 11) is 0. The maximum Gasteiger partial charge on any atom is 0.337 e. The summed E-state index contributed by atoms with van der Waals surface area (Å²) in [5, 5.41) is 9.38. The van der Waals surface area contributed by atoms with Crippen LogP contribution in [0.5, 0.6) is 0 Å². The summed E-state index contributed by atoms with van der Waals surface area (Å²) in [6.45, 7) is 9.57.